The molecule has 1 heterocycles. The number of carbonyl (C=O) groups excluding carboxylic acids is 2. The molecule has 0 bridgehead atoms. The lowest BCUT2D eigenvalue weighted by Crippen LogP contribution is -2.42. The average molecular weight is 473 g/mol. The number of hydrogen-bond donors (Lipinski definition) is 1. The lowest BCUT2D eigenvalue weighted by atomic mass is 9.91. The quantitative estimate of drug-likeness (QED) is 0.407. The molecule has 1 saturated heterocycles. The number of hydrogen-bond acceptors (Lipinski definition) is 2. The smallest absolute Gasteiger partial charge is 0.342 e. The lowest BCUT2D eigenvalue weighted by molar-refractivity contribution is -0.138. The summed E-state index contributed by atoms with van der Waals surface area (Å²) in [7, 11) is 0. The predicted octanol–water partition coefficient (Wildman–Crippen LogP) is 6.69. The van der Waals surface area contributed by atoms with Crippen LogP contribution in [-0.2, 0) is 21.4 Å². The van der Waals surface area contributed by atoms with E-state index in [-0.39, 0.29) is 35.4 Å². The molecule has 186 valence electrons. The third-order valence-corrected chi connectivity index (χ3v) is 6.38. The van der Waals surface area contributed by atoms with Crippen molar-refractivity contribution in [3.8, 4) is 0 Å². The van der Waals surface area contributed by atoms with E-state index in [4.69, 9.17) is 0 Å². The minimum absolute atomic E-state index is 0.0414. The van der Waals surface area contributed by atoms with Gasteiger partial charge in [-0.2, -0.15) is 13.2 Å². The third kappa shape index (κ3) is 8.00. The minimum Gasteiger partial charge on any atom is -0.342 e. The number of piperidine rings is 1. The van der Waals surface area contributed by atoms with Crippen molar-refractivity contribution >= 4 is 17.5 Å². The van der Waals surface area contributed by atoms with E-state index in [1.165, 1.54) is 19.9 Å². The van der Waals surface area contributed by atoms with Gasteiger partial charge in [-0.25, -0.2) is 4.39 Å². The molecule has 2 amide bonds. The molecule has 0 aromatic heterocycles. The van der Waals surface area contributed by atoms with Crippen LogP contribution in [0.4, 0.5) is 23.2 Å². The van der Waals surface area contributed by atoms with Crippen LogP contribution in [0, 0.1) is 11.8 Å². The molecule has 4 nitrogen and oxygen atoms in total. The molecular weight excluding hydrogens is 436 g/mol. The van der Waals surface area contributed by atoms with Gasteiger partial charge in [-0.3, -0.25) is 9.59 Å². The molecule has 1 aliphatic heterocycles. The summed E-state index contributed by atoms with van der Waals surface area (Å²) in [5.41, 5.74) is -3.19. The van der Waals surface area contributed by atoms with Gasteiger partial charge in [0.25, 0.3) is 0 Å². The SMILES string of the molecule is CCCCC(CC)C(=O)N1CCC(CC(=O)Nc2cc(C(C)(C)F)cc(C(F)(F)F)c2)CC1. The Morgan fingerprint density at radius 2 is 1.67 bits per heavy atom. The van der Waals surface area contributed by atoms with Crippen molar-refractivity contribution < 1.29 is 27.2 Å². The first-order valence-electron chi connectivity index (χ1n) is 11.8. The summed E-state index contributed by atoms with van der Waals surface area (Å²) in [6, 6.07) is 2.84. The van der Waals surface area contributed by atoms with Crippen LogP contribution < -0.4 is 5.32 Å². The summed E-state index contributed by atoms with van der Waals surface area (Å²) in [6.07, 6.45) is 0.643. The molecule has 1 fully saturated rings. The largest absolute Gasteiger partial charge is 0.416 e. The predicted molar refractivity (Wildman–Crippen MR) is 121 cm³/mol. The topological polar surface area (TPSA) is 49.4 Å². The van der Waals surface area contributed by atoms with Crippen molar-refractivity contribution in [3.05, 3.63) is 29.3 Å². The van der Waals surface area contributed by atoms with Crippen LogP contribution in [-0.4, -0.2) is 29.8 Å². The van der Waals surface area contributed by atoms with Crippen molar-refractivity contribution in [2.75, 3.05) is 18.4 Å². The maximum absolute atomic E-state index is 14.3. The molecule has 0 aliphatic carbocycles. The summed E-state index contributed by atoms with van der Waals surface area (Å²) in [5.74, 6) is -0.136. The van der Waals surface area contributed by atoms with Crippen LogP contribution in [0.15, 0.2) is 18.2 Å². The van der Waals surface area contributed by atoms with Crippen LogP contribution in [0.2, 0.25) is 0 Å². The number of alkyl halides is 4. The summed E-state index contributed by atoms with van der Waals surface area (Å²) in [6.45, 7) is 7.65. The second-order valence-corrected chi connectivity index (χ2v) is 9.54. The van der Waals surface area contributed by atoms with Gasteiger partial charge in [0.05, 0.1) is 5.56 Å². The monoisotopic (exact) mass is 472 g/mol. The molecule has 1 aliphatic rings. The second-order valence-electron chi connectivity index (χ2n) is 9.54. The van der Waals surface area contributed by atoms with Crippen LogP contribution in [0.5, 0.6) is 0 Å². The summed E-state index contributed by atoms with van der Waals surface area (Å²) < 4.78 is 54.0. The van der Waals surface area contributed by atoms with Crippen molar-refractivity contribution in [3.63, 3.8) is 0 Å². The number of amides is 2. The number of halogens is 4. The Morgan fingerprint density at radius 1 is 1.06 bits per heavy atom. The third-order valence-electron chi connectivity index (χ3n) is 6.38. The standard InChI is InChI=1S/C25H36F4N2O2/c1-5-7-8-18(6-2)23(33)31-11-9-17(10-12-31)13-22(32)30-21-15-19(24(3,4)26)14-20(16-21)25(27,28)29/h14-18H,5-13H2,1-4H3,(H,30,32). The molecule has 2 rings (SSSR count). The van der Waals surface area contributed by atoms with Gasteiger partial charge in [-0.05, 0) is 69.2 Å². The van der Waals surface area contributed by atoms with Gasteiger partial charge < -0.3 is 10.2 Å². The van der Waals surface area contributed by atoms with Gasteiger partial charge in [-0.15, -0.1) is 0 Å². The number of anilines is 1. The zero-order valence-corrected chi connectivity index (χ0v) is 20.0. The zero-order valence-electron chi connectivity index (χ0n) is 20.0. The van der Waals surface area contributed by atoms with E-state index in [9.17, 15) is 27.2 Å². The normalized spacial score (nSPS) is 16.5. The molecule has 1 N–H and O–H groups in total. The Bertz CT molecular complexity index is 777. The molecule has 1 aromatic rings. The van der Waals surface area contributed by atoms with Crippen molar-refractivity contribution in [1.82, 2.24) is 4.90 Å². The van der Waals surface area contributed by atoms with E-state index >= 15 is 0 Å². The number of carbonyl (C=O) groups is 2. The first-order valence-corrected chi connectivity index (χ1v) is 11.8. The van der Waals surface area contributed by atoms with E-state index in [1.807, 2.05) is 11.8 Å². The number of nitrogens with one attached hydrogen (secondary N) is 1. The Labute approximate surface area is 194 Å². The Balaban J connectivity index is 1.96. The van der Waals surface area contributed by atoms with E-state index in [0.29, 0.717) is 25.9 Å². The maximum atomic E-state index is 14.3. The van der Waals surface area contributed by atoms with Gasteiger partial charge in [0.2, 0.25) is 11.8 Å². The fraction of sp³-hybridized carbons (Fsp3) is 0.680. The van der Waals surface area contributed by atoms with Crippen molar-refractivity contribution in [2.24, 2.45) is 11.8 Å². The van der Waals surface area contributed by atoms with Crippen LogP contribution in [0.25, 0.3) is 0 Å². The molecule has 1 unspecified atom stereocenters. The van der Waals surface area contributed by atoms with Crippen LogP contribution >= 0.6 is 0 Å². The molecule has 0 spiro atoms. The van der Waals surface area contributed by atoms with E-state index < -0.39 is 23.3 Å². The first kappa shape index (κ1) is 27.1. The van der Waals surface area contributed by atoms with Gasteiger partial charge in [-0.1, -0.05) is 26.7 Å². The van der Waals surface area contributed by atoms with Crippen molar-refractivity contribution in [2.45, 2.75) is 84.5 Å². The Morgan fingerprint density at radius 3 is 2.18 bits per heavy atom. The molecule has 0 saturated carbocycles. The highest BCUT2D eigenvalue weighted by molar-refractivity contribution is 5.91. The molecule has 1 aromatic carbocycles. The van der Waals surface area contributed by atoms with Crippen LogP contribution in [0.1, 0.15) is 83.8 Å². The van der Waals surface area contributed by atoms with E-state index in [2.05, 4.69) is 12.2 Å². The number of nitrogens with zero attached hydrogens (tertiary/aromatic N) is 1. The maximum Gasteiger partial charge on any atom is 0.416 e. The van der Waals surface area contributed by atoms with Crippen LogP contribution in [0.3, 0.4) is 0 Å². The summed E-state index contributed by atoms with van der Waals surface area (Å²) >= 11 is 0. The lowest BCUT2D eigenvalue weighted by Gasteiger charge is -2.34. The zero-order chi connectivity index (χ0) is 24.8. The van der Waals surface area contributed by atoms with Crippen molar-refractivity contribution in [1.29, 1.82) is 0 Å². The number of rotatable bonds is 9. The Hall–Kier alpha value is -2.12. The highest BCUT2D eigenvalue weighted by atomic mass is 19.4. The molecule has 8 heteroatoms. The van der Waals surface area contributed by atoms with Gasteiger partial charge in [0.1, 0.15) is 5.67 Å². The number of benzene rings is 1. The highest BCUT2D eigenvalue weighted by Crippen LogP contribution is 2.36. The Kier molecular flexibility index (Phi) is 9.32. The molecule has 0 radical (unpaired) electrons. The summed E-state index contributed by atoms with van der Waals surface area (Å²) in [5, 5.41) is 2.51. The van der Waals surface area contributed by atoms with Gasteiger partial charge in [0, 0.05) is 31.1 Å². The molecule has 1 atom stereocenters. The fourth-order valence-electron chi connectivity index (χ4n) is 4.25. The molecule has 33 heavy (non-hydrogen) atoms. The average Bonchev–Trinajstić information content (AvgIpc) is 2.73. The van der Waals surface area contributed by atoms with Gasteiger partial charge >= 0.3 is 6.18 Å². The number of unbranched alkanes of at least 4 members (excludes halogenated alkanes) is 1. The van der Waals surface area contributed by atoms with E-state index in [1.54, 1.807) is 0 Å². The number of likely N-dealkylation sites (tertiary alicyclic amines) is 1. The fourth-order valence-corrected chi connectivity index (χ4v) is 4.25. The molecular formula is C25H36F4N2O2. The highest BCUT2D eigenvalue weighted by Gasteiger charge is 2.33. The second kappa shape index (κ2) is 11.3. The van der Waals surface area contributed by atoms with E-state index in [0.717, 1.165) is 37.8 Å². The summed E-state index contributed by atoms with van der Waals surface area (Å²) in [4.78, 5) is 27.2. The van der Waals surface area contributed by atoms with Gasteiger partial charge in [0.15, 0.2) is 0 Å². The first-order chi connectivity index (χ1) is 15.3. The minimum atomic E-state index is -4.65.